The van der Waals surface area contributed by atoms with Crippen LogP contribution in [-0.2, 0) is 6.54 Å². The van der Waals surface area contributed by atoms with Gasteiger partial charge in [-0.25, -0.2) is 0 Å². The molecule has 0 spiro atoms. The van der Waals surface area contributed by atoms with Gasteiger partial charge in [-0.1, -0.05) is 25.5 Å². The Bertz CT molecular complexity index is 392. The Labute approximate surface area is 77.8 Å². The van der Waals surface area contributed by atoms with Crippen molar-refractivity contribution in [1.29, 1.82) is 0 Å². The molecule has 0 atom stereocenters. The van der Waals surface area contributed by atoms with Gasteiger partial charge in [0.25, 0.3) is 5.52 Å². The molecule has 13 heavy (non-hydrogen) atoms. The summed E-state index contributed by atoms with van der Waals surface area (Å²) >= 11 is 0. The molecule has 0 unspecified atom stereocenters. The Morgan fingerprint density at radius 3 is 3.00 bits per heavy atom. The maximum atomic E-state index is 5.41. The second kappa shape index (κ2) is 3.60. The molecule has 68 valence electrons. The number of nitrogens with zero attached hydrogens (tertiary/aromatic N) is 1. The third-order valence-corrected chi connectivity index (χ3v) is 2.23. The summed E-state index contributed by atoms with van der Waals surface area (Å²) < 4.78 is 7.57. The Morgan fingerprint density at radius 2 is 2.15 bits per heavy atom. The first-order valence-corrected chi connectivity index (χ1v) is 4.77. The van der Waals surface area contributed by atoms with Gasteiger partial charge in [0.15, 0.2) is 6.54 Å². The van der Waals surface area contributed by atoms with Crippen molar-refractivity contribution < 1.29 is 8.98 Å². The van der Waals surface area contributed by atoms with Crippen molar-refractivity contribution >= 4 is 11.1 Å². The monoisotopic (exact) mass is 176 g/mol. The van der Waals surface area contributed by atoms with Crippen LogP contribution in [0.25, 0.3) is 11.1 Å². The highest BCUT2D eigenvalue weighted by molar-refractivity contribution is 5.67. The number of hydrogen-bond acceptors (Lipinski definition) is 1. The van der Waals surface area contributed by atoms with Crippen molar-refractivity contribution in [1.82, 2.24) is 0 Å². The average Bonchev–Trinajstić information content (AvgIpc) is 2.58. The van der Waals surface area contributed by atoms with Crippen LogP contribution in [-0.4, -0.2) is 0 Å². The quantitative estimate of drug-likeness (QED) is 0.657. The van der Waals surface area contributed by atoms with Gasteiger partial charge in [-0.3, -0.25) is 0 Å². The number of fused-ring (bicyclic) bond motifs is 1. The highest BCUT2D eigenvalue weighted by Crippen LogP contribution is 2.09. The van der Waals surface area contributed by atoms with Crippen LogP contribution in [0.3, 0.4) is 0 Å². The molecule has 2 heteroatoms. The van der Waals surface area contributed by atoms with Crippen molar-refractivity contribution in [3.63, 3.8) is 0 Å². The highest BCUT2D eigenvalue weighted by atomic mass is 16.3. The minimum Gasteiger partial charge on any atom is -0.404 e. The molecule has 0 radical (unpaired) electrons. The van der Waals surface area contributed by atoms with E-state index in [2.05, 4.69) is 17.6 Å². The van der Waals surface area contributed by atoms with Crippen molar-refractivity contribution in [3.05, 3.63) is 30.7 Å². The van der Waals surface area contributed by atoms with Crippen LogP contribution >= 0.6 is 0 Å². The van der Waals surface area contributed by atoms with Crippen molar-refractivity contribution in [3.8, 4) is 0 Å². The predicted molar refractivity (Wildman–Crippen MR) is 51.3 cm³/mol. The Balaban J connectivity index is 2.35. The van der Waals surface area contributed by atoms with E-state index in [0.29, 0.717) is 0 Å². The van der Waals surface area contributed by atoms with E-state index < -0.39 is 0 Å². The number of para-hydroxylation sites is 2. The molecule has 0 aliphatic heterocycles. The van der Waals surface area contributed by atoms with Gasteiger partial charge in [-0.05, 0) is 6.07 Å². The van der Waals surface area contributed by atoms with E-state index in [9.17, 15) is 0 Å². The van der Waals surface area contributed by atoms with E-state index >= 15 is 0 Å². The van der Waals surface area contributed by atoms with Crippen LogP contribution in [0, 0.1) is 0 Å². The van der Waals surface area contributed by atoms with Gasteiger partial charge >= 0.3 is 6.39 Å². The number of benzene rings is 1. The SMILES string of the molecule is CCCC[n+]1coc2ccccc21. The molecule has 1 aromatic heterocycles. The van der Waals surface area contributed by atoms with Crippen LogP contribution in [0.2, 0.25) is 0 Å². The maximum Gasteiger partial charge on any atom is 0.335 e. The van der Waals surface area contributed by atoms with Crippen molar-refractivity contribution in [2.45, 2.75) is 26.3 Å². The number of unbranched alkanes of at least 4 members (excludes halogenated alkanes) is 1. The topological polar surface area (TPSA) is 17.0 Å². The number of rotatable bonds is 3. The van der Waals surface area contributed by atoms with Crippen molar-refractivity contribution in [2.75, 3.05) is 0 Å². The molecule has 0 aliphatic rings. The van der Waals surface area contributed by atoms with Crippen LogP contribution in [0.4, 0.5) is 0 Å². The first-order chi connectivity index (χ1) is 6.42. The molecule has 0 bridgehead atoms. The molecule has 2 aromatic rings. The highest BCUT2D eigenvalue weighted by Gasteiger charge is 2.10. The first-order valence-electron chi connectivity index (χ1n) is 4.77. The lowest BCUT2D eigenvalue weighted by molar-refractivity contribution is -0.676. The van der Waals surface area contributed by atoms with Gasteiger partial charge in [0.1, 0.15) is 0 Å². The largest absolute Gasteiger partial charge is 0.404 e. The lowest BCUT2D eigenvalue weighted by Gasteiger charge is -1.89. The normalized spacial score (nSPS) is 10.8. The summed E-state index contributed by atoms with van der Waals surface area (Å²) in [5.74, 6) is 0. The minimum absolute atomic E-state index is 0.971. The number of aromatic nitrogens is 1. The van der Waals surface area contributed by atoms with Crippen LogP contribution in [0.1, 0.15) is 19.8 Å². The molecule has 1 aromatic carbocycles. The summed E-state index contributed by atoms with van der Waals surface area (Å²) in [6.07, 6.45) is 4.22. The van der Waals surface area contributed by atoms with Gasteiger partial charge < -0.3 is 4.42 Å². The molecule has 0 fully saturated rings. The van der Waals surface area contributed by atoms with Gasteiger partial charge in [-0.15, -0.1) is 0 Å². The second-order valence-corrected chi connectivity index (χ2v) is 3.24. The molecular formula is C11H14NO+. The lowest BCUT2D eigenvalue weighted by atomic mass is 10.3. The number of aryl methyl sites for hydroxylation is 1. The van der Waals surface area contributed by atoms with Gasteiger partial charge in [0.05, 0.1) is 0 Å². The predicted octanol–water partition coefficient (Wildman–Crippen LogP) is 2.52. The molecule has 0 N–H and O–H groups in total. The van der Waals surface area contributed by atoms with Gasteiger partial charge in [-0.2, -0.15) is 4.57 Å². The number of oxazole rings is 1. The summed E-state index contributed by atoms with van der Waals surface area (Å²) in [4.78, 5) is 0. The number of hydrogen-bond donors (Lipinski definition) is 0. The molecule has 0 saturated carbocycles. The van der Waals surface area contributed by atoms with Crippen LogP contribution in [0.15, 0.2) is 35.1 Å². The standard InChI is InChI=1S/C11H14NO/c1-2-3-8-12-9-13-11-7-5-4-6-10(11)12/h4-7,9H,2-3,8H2,1H3/q+1. The molecule has 0 aliphatic carbocycles. The lowest BCUT2D eigenvalue weighted by Crippen LogP contribution is -2.31. The molecular weight excluding hydrogens is 162 g/mol. The van der Waals surface area contributed by atoms with Gasteiger partial charge in [0.2, 0.25) is 5.58 Å². The smallest absolute Gasteiger partial charge is 0.335 e. The van der Waals surface area contributed by atoms with E-state index in [0.717, 1.165) is 12.1 Å². The fourth-order valence-electron chi connectivity index (χ4n) is 1.47. The zero-order chi connectivity index (χ0) is 9.10. The van der Waals surface area contributed by atoms with E-state index in [1.54, 1.807) is 6.39 Å². The molecule has 2 rings (SSSR count). The van der Waals surface area contributed by atoms with E-state index in [4.69, 9.17) is 4.42 Å². The summed E-state index contributed by atoms with van der Waals surface area (Å²) in [6.45, 7) is 3.25. The van der Waals surface area contributed by atoms with Crippen LogP contribution < -0.4 is 4.57 Å². The Kier molecular flexibility index (Phi) is 2.30. The fraction of sp³-hybridized carbons (Fsp3) is 0.364. The maximum absolute atomic E-state index is 5.41. The summed E-state index contributed by atoms with van der Waals surface area (Å²) in [5, 5.41) is 0. The summed E-state index contributed by atoms with van der Waals surface area (Å²) in [7, 11) is 0. The zero-order valence-corrected chi connectivity index (χ0v) is 7.86. The first kappa shape index (κ1) is 8.30. The van der Waals surface area contributed by atoms with Gasteiger partial charge in [0, 0.05) is 12.5 Å². The average molecular weight is 176 g/mol. The van der Waals surface area contributed by atoms with Crippen molar-refractivity contribution in [2.24, 2.45) is 0 Å². The fourth-order valence-corrected chi connectivity index (χ4v) is 1.47. The third kappa shape index (κ3) is 1.57. The summed E-state index contributed by atoms with van der Waals surface area (Å²) in [5.41, 5.74) is 2.16. The van der Waals surface area contributed by atoms with E-state index in [-0.39, 0.29) is 0 Å². The van der Waals surface area contributed by atoms with E-state index in [1.165, 1.54) is 18.4 Å². The third-order valence-electron chi connectivity index (χ3n) is 2.23. The summed E-state index contributed by atoms with van der Waals surface area (Å²) in [6, 6.07) is 8.13. The minimum atomic E-state index is 0.971. The molecule has 0 saturated heterocycles. The molecule has 0 amide bonds. The molecule has 2 nitrogen and oxygen atoms in total. The van der Waals surface area contributed by atoms with E-state index in [1.807, 2.05) is 18.2 Å². The zero-order valence-electron chi connectivity index (χ0n) is 7.86. The van der Waals surface area contributed by atoms with Crippen LogP contribution in [0.5, 0.6) is 0 Å². The molecule has 1 heterocycles. The second-order valence-electron chi connectivity index (χ2n) is 3.24. The Hall–Kier alpha value is -1.31. The Morgan fingerprint density at radius 1 is 1.31 bits per heavy atom.